The molecular formula is C15H19N5+2. The highest BCUT2D eigenvalue weighted by molar-refractivity contribution is 5.76. The quantitative estimate of drug-likeness (QED) is 0.334. The number of rotatable bonds is 3. The van der Waals surface area contributed by atoms with Gasteiger partial charge in [-0.15, -0.1) is 0 Å². The minimum absolute atomic E-state index is 0.0662. The van der Waals surface area contributed by atoms with E-state index in [1.165, 1.54) is 0 Å². The third-order valence-electron chi connectivity index (χ3n) is 2.81. The SMILES string of the molecule is NC(N)=[NH+]C(N)=[N+](Cc1ccccc1)c1ccccc1. The fraction of sp³-hybridized carbons (Fsp3) is 0.0667. The summed E-state index contributed by atoms with van der Waals surface area (Å²) in [5.74, 6) is 0.455. The number of nitrogens with two attached hydrogens (primary N) is 3. The second kappa shape index (κ2) is 6.38. The Morgan fingerprint density at radius 2 is 1.40 bits per heavy atom. The summed E-state index contributed by atoms with van der Waals surface area (Å²) in [6.45, 7) is 0.622. The molecule has 5 heteroatoms. The molecule has 0 aliphatic rings. The average molecular weight is 269 g/mol. The summed E-state index contributed by atoms with van der Waals surface area (Å²) in [5.41, 5.74) is 19.1. The monoisotopic (exact) mass is 269 g/mol. The molecule has 2 aromatic rings. The van der Waals surface area contributed by atoms with Gasteiger partial charge in [-0.1, -0.05) is 48.5 Å². The molecule has 2 aromatic carbocycles. The van der Waals surface area contributed by atoms with Crippen LogP contribution in [0, 0.1) is 0 Å². The molecule has 0 fully saturated rings. The lowest BCUT2D eigenvalue weighted by atomic mass is 10.2. The van der Waals surface area contributed by atoms with E-state index >= 15 is 0 Å². The first kappa shape index (κ1) is 13.6. The summed E-state index contributed by atoms with van der Waals surface area (Å²) in [6.07, 6.45) is 0. The molecule has 102 valence electrons. The Hall–Kier alpha value is -2.82. The molecule has 0 spiro atoms. The number of nitrogens with zero attached hydrogens (tertiary/aromatic N) is 1. The number of hydrogen-bond acceptors (Lipinski definition) is 0. The standard InChI is InChI=1S/C15H17N5/c16-14(17)19-15(18)20(13-9-5-2-6-10-13)11-12-7-3-1-4-8-12/h1-10H,11H2,(H5,16,17,18,19)/p+2. The van der Waals surface area contributed by atoms with E-state index in [0.717, 1.165) is 11.3 Å². The number of hydrogen-bond donors (Lipinski definition) is 4. The van der Waals surface area contributed by atoms with Gasteiger partial charge in [-0.2, -0.15) is 4.99 Å². The fourth-order valence-corrected chi connectivity index (χ4v) is 1.90. The molecule has 0 aliphatic heterocycles. The van der Waals surface area contributed by atoms with Crippen molar-refractivity contribution in [3.63, 3.8) is 0 Å². The predicted octanol–water partition coefficient (Wildman–Crippen LogP) is -0.800. The Balaban J connectivity index is 2.43. The normalized spacial score (nSPS) is 11.6. The minimum atomic E-state index is 0.0662. The molecular weight excluding hydrogens is 250 g/mol. The molecule has 5 nitrogen and oxygen atoms in total. The van der Waals surface area contributed by atoms with E-state index in [9.17, 15) is 0 Å². The Labute approximate surface area is 118 Å². The van der Waals surface area contributed by atoms with Gasteiger partial charge in [-0.05, 0) is 17.7 Å². The van der Waals surface area contributed by atoms with Gasteiger partial charge < -0.3 is 0 Å². The first-order valence-electron chi connectivity index (χ1n) is 6.30. The van der Waals surface area contributed by atoms with Gasteiger partial charge >= 0.3 is 11.9 Å². The molecule has 0 unspecified atom stereocenters. The van der Waals surface area contributed by atoms with Crippen LogP contribution in [0.2, 0.25) is 0 Å². The summed E-state index contributed by atoms with van der Waals surface area (Å²) >= 11 is 0. The third kappa shape index (κ3) is 3.58. The molecule has 0 bridgehead atoms. The highest BCUT2D eigenvalue weighted by Crippen LogP contribution is 2.13. The van der Waals surface area contributed by atoms with Gasteiger partial charge in [0.1, 0.15) is 12.2 Å². The van der Waals surface area contributed by atoms with E-state index in [0.29, 0.717) is 12.5 Å². The van der Waals surface area contributed by atoms with Gasteiger partial charge in [0, 0.05) is 0 Å². The highest BCUT2D eigenvalue weighted by Gasteiger charge is 2.12. The molecule has 0 atom stereocenters. The van der Waals surface area contributed by atoms with Crippen molar-refractivity contribution < 1.29 is 9.57 Å². The van der Waals surface area contributed by atoms with E-state index in [1.54, 1.807) is 0 Å². The third-order valence-corrected chi connectivity index (χ3v) is 2.81. The maximum atomic E-state index is 6.05. The molecule has 0 saturated heterocycles. The number of nitrogens with one attached hydrogen (secondary N) is 1. The molecule has 0 heterocycles. The number of guanidine groups is 2. The second-order valence-electron chi connectivity index (χ2n) is 4.37. The predicted molar refractivity (Wildman–Crippen MR) is 80.0 cm³/mol. The minimum Gasteiger partial charge on any atom is -0.275 e. The second-order valence-corrected chi connectivity index (χ2v) is 4.37. The Bertz CT molecular complexity index is 613. The van der Waals surface area contributed by atoms with Crippen LogP contribution in [-0.4, -0.2) is 16.5 Å². The van der Waals surface area contributed by atoms with Crippen molar-refractivity contribution in [2.45, 2.75) is 6.54 Å². The summed E-state index contributed by atoms with van der Waals surface area (Å²) in [7, 11) is 0. The van der Waals surface area contributed by atoms with Crippen molar-refractivity contribution in [1.82, 2.24) is 0 Å². The first-order chi connectivity index (χ1) is 9.66. The molecule has 2 rings (SSSR count). The summed E-state index contributed by atoms with van der Waals surface area (Å²) in [6, 6.07) is 19.9. The molecule has 0 aliphatic carbocycles. The topological polar surface area (TPSA) is 95.0 Å². The van der Waals surface area contributed by atoms with Crippen LogP contribution in [0.1, 0.15) is 5.56 Å². The van der Waals surface area contributed by atoms with Gasteiger partial charge in [-0.25, -0.2) is 4.58 Å². The van der Waals surface area contributed by atoms with Crippen LogP contribution in [0.25, 0.3) is 0 Å². The van der Waals surface area contributed by atoms with Gasteiger partial charge in [0.25, 0.3) is 0 Å². The maximum absolute atomic E-state index is 6.05. The maximum Gasteiger partial charge on any atom is 0.393 e. The summed E-state index contributed by atoms with van der Waals surface area (Å²) < 4.78 is 1.91. The zero-order chi connectivity index (χ0) is 14.4. The Kier molecular flexibility index (Phi) is 4.34. The lowest BCUT2D eigenvalue weighted by molar-refractivity contribution is -0.521. The van der Waals surface area contributed by atoms with Crippen LogP contribution in [-0.2, 0) is 6.54 Å². The van der Waals surface area contributed by atoms with Gasteiger partial charge in [0.2, 0.25) is 0 Å². The van der Waals surface area contributed by atoms with E-state index in [2.05, 4.69) is 4.99 Å². The molecule has 7 N–H and O–H groups in total. The average Bonchev–Trinajstić information content (AvgIpc) is 2.46. The van der Waals surface area contributed by atoms with Crippen LogP contribution in [0.4, 0.5) is 5.69 Å². The van der Waals surface area contributed by atoms with E-state index in [-0.39, 0.29) is 5.96 Å². The highest BCUT2D eigenvalue weighted by atomic mass is 15.2. The van der Waals surface area contributed by atoms with E-state index < -0.39 is 0 Å². The van der Waals surface area contributed by atoms with Crippen molar-refractivity contribution in [3.05, 3.63) is 66.2 Å². The van der Waals surface area contributed by atoms with Gasteiger partial charge in [0.05, 0.1) is 0 Å². The largest absolute Gasteiger partial charge is 0.393 e. The van der Waals surface area contributed by atoms with Gasteiger partial charge in [0.15, 0.2) is 0 Å². The molecule has 0 radical (unpaired) electrons. The van der Waals surface area contributed by atoms with Crippen LogP contribution in [0.5, 0.6) is 0 Å². The van der Waals surface area contributed by atoms with Crippen molar-refractivity contribution in [1.29, 1.82) is 0 Å². The Morgan fingerprint density at radius 1 is 0.850 bits per heavy atom. The van der Waals surface area contributed by atoms with Crippen LogP contribution in [0.15, 0.2) is 60.7 Å². The van der Waals surface area contributed by atoms with Crippen LogP contribution < -0.4 is 22.2 Å². The molecule has 0 saturated carbocycles. The van der Waals surface area contributed by atoms with Gasteiger partial charge in [-0.3, -0.25) is 17.2 Å². The summed E-state index contributed by atoms with van der Waals surface area (Å²) in [4.78, 5) is 2.75. The van der Waals surface area contributed by atoms with Crippen LogP contribution >= 0.6 is 0 Å². The van der Waals surface area contributed by atoms with Crippen LogP contribution in [0.3, 0.4) is 0 Å². The van der Waals surface area contributed by atoms with Crippen molar-refractivity contribution >= 4 is 17.6 Å². The van der Waals surface area contributed by atoms with Crippen molar-refractivity contribution in [3.8, 4) is 0 Å². The lowest BCUT2D eigenvalue weighted by Gasteiger charge is -2.08. The van der Waals surface area contributed by atoms with E-state index in [1.807, 2.05) is 65.2 Å². The molecule has 20 heavy (non-hydrogen) atoms. The number of benzene rings is 2. The smallest absolute Gasteiger partial charge is 0.275 e. The molecule has 0 amide bonds. The van der Waals surface area contributed by atoms with E-state index in [4.69, 9.17) is 17.2 Å². The summed E-state index contributed by atoms with van der Waals surface area (Å²) in [5, 5.41) is 0. The Morgan fingerprint density at radius 3 is 1.95 bits per heavy atom. The van der Waals surface area contributed by atoms with Crippen molar-refractivity contribution in [2.24, 2.45) is 17.2 Å². The number of para-hydroxylation sites is 1. The fourth-order valence-electron chi connectivity index (χ4n) is 1.90. The zero-order valence-electron chi connectivity index (χ0n) is 11.2. The first-order valence-corrected chi connectivity index (χ1v) is 6.30. The van der Waals surface area contributed by atoms with Crippen molar-refractivity contribution in [2.75, 3.05) is 0 Å². The lowest BCUT2D eigenvalue weighted by Crippen LogP contribution is -2.86. The molecule has 0 aromatic heterocycles. The zero-order valence-corrected chi connectivity index (χ0v) is 11.2.